The molecule has 5 rings (SSSR count). The standard InChI is InChI=1S/C28H20FN3O3/c1-17(33)30-21-13-15-22(16-14-21)31-26-25(19-9-11-20(29)12-10-19)27(34)32(28(26)35)24-8-4-6-18-5-2-3-7-23(18)24/h2-16,31H,1H3,(H,30,33). The molecule has 35 heavy (non-hydrogen) atoms. The maximum Gasteiger partial charge on any atom is 0.282 e. The molecule has 4 aromatic carbocycles. The number of nitrogens with one attached hydrogen (secondary N) is 2. The van der Waals surface area contributed by atoms with Gasteiger partial charge in [-0.05, 0) is 53.4 Å². The molecule has 0 radical (unpaired) electrons. The fraction of sp³-hybridized carbons (Fsp3) is 0.0357. The highest BCUT2D eigenvalue weighted by Gasteiger charge is 2.40. The lowest BCUT2D eigenvalue weighted by Gasteiger charge is -2.18. The Morgan fingerprint density at radius 2 is 1.43 bits per heavy atom. The van der Waals surface area contributed by atoms with Crippen molar-refractivity contribution in [2.75, 3.05) is 15.5 Å². The summed E-state index contributed by atoms with van der Waals surface area (Å²) in [5.41, 5.74) is 2.27. The summed E-state index contributed by atoms with van der Waals surface area (Å²) in [5, 5.41) is 7.41. The fourth-order valence-corrected chi connectivity index (χ4v) is 4.14. The maximum atomic E-state index is 13.7. The second-order valence-corrected chi connectivity index (χ2v) is 8.08. The zero-order valence-corrected chi connectivity index (χ0v) is 18.7. The number of rotatable bonds is 5. The predicted octanol–water partition coefficient (Wildman–Crippen LogP) is 5.33. The van der Waals surface area contributed by atoms with Crippen molar-refractivity contribution in [1.29, 1.82) is 0 Å². The van der Waals surface area contributed by atoms with Gasteiger partial charge in [0.1, 0.15) is 11.5 Å². The van der Waals surface area contributed by atoms with Gasteiger partial charge in [0.25, 0.3) is 11.8 Å². The minimum Gasteiger partial charge on any atom is -0.350 e. The van der Waals surface area contributed by atoms with E-state index in [1.807, 2.05) is 30.3 Å². The Hall–Kier alpha value is -4.78. The summed E-state index contributed by atoms with van der Waals surface area (Å²) in [7, 11) is 0. The summed E-state index contributed by atoms with van der Waals surface area (Å²) in [6, 6.07) is 25.1. The third-order valence-electron chi connectivity index (χ3n) is 5.70. The molecule has 0 spiro atoms. The summed E-state index contributed by atoms with van der Waals surface area (Å²) in [6.07, 6.45) is 0. The normalized spacial score (nSPS) is 13.5. The van der Waals surface area contributed by atoms with Gasteiger partial charge in [-0.25, -0.2) is 9.29 Å². The monoisotopic (exact) mass is 465 g/mol. The molecule has 0 unspecified atom stereocenters. The second-order valence-electron chi connectivity index (χ2n) is 8.08. The Morgan fingerprint density at radius 1 is 0.771 bits per heavy atom. The average Bonchev–Trinajstić information content (AvgIpc) is 3.09. The lowest BCUT2D eigenvalue weighted by Crippen LogP contribution is -2.32. The third-order valence-corrected chi connectivity index (χ3v) is 5.70. The molecule has 6 nitrogen and oxygen atoms in total. The Labute approximate surface area is 200 Å². The lowest BCUT2D eigenvalue weighted by atomic mass is 10.0. The predicted molar refractivity (Wildman–Crippen MR) is 134 cm³/mol. The van der Waals surface area contributed by atoms with Crippen LogP contribution in [0.3, 0.4) is 0 Å². The van der Waals surface area contributed by atoms with E-state index in [2.05, 4.69) is 10.6 Å². The van der Waals surface area contributed by atoms with Crippen molar-refractivity contribution in [3.05, 3.63) is 108 Å². The Kier molecular flexibility index (Phi) is 5.58. The van der Waals surface area contributed by atoms with Crippen LogP contribution in [0.5, 0.6) is 0 Å². The molecule has 1 aliphatic heterocycles. The van der Waals surface area contributed by atoms with Gasteiger partial charge in [0.15, 0.2) is 0 Å². The molecule has 7 heteroatoms. The Morgan fingerprint density at radius 3 is 2.14 bits per heavy atom. The molecule has 0 aromatic heterocycles. The van der Waals surface area contributed by atoms with Crippen LogP contribution in [0.15, 0.2) is 96.7 Å². The van der Waals surface area contributed by atoms with Crippen LogP contribution in [0.25, 0.3) is 16.3 Å². The van der Waals surface area contributed by atoms with Crippen LogP contribution >= 0.6 is 0 Å². The summed E-state index contributed by atoms with van der Waals surface area (Å²) < 4.78 is 13.6. The highest BCUT2D eigenvalue weighted by molar-refractivity contribution is 6.47. The SMILES string of the molecule is CC(=O)Nc1ccc(NC2=C(c3ccc(F)cc3)C(=O)N(c3cccc4ccccc34)C2=O)cc1. The first kappa shape index (κ1) is 22.0. The number of carbonyl (C=O) groups excluding carboxylic acids is 3. The molecule has 0 bridgehead atoms. The number of anilines is 3. The first-order chi connectivity index (χ1) is 16.9. The van der Waals surface area contributed by atoms with E-state index in [0.29, 0.717) is 22.6 Å². The number of nitrogens with zero attached hydrogens (tertiary/aromatic N) is 1. The lowest BCUT2D eigenvalue weighted by molar-refractivity contribution is -0.120. The number of fused-ring (bicyclic) bond motifs is 1. The van der Waals surface area contributed by atoms with Gasteiger partial charge in [-0.3, -0.25) is 14.4 Å². The summed E-state index contributed by atoms with van der Waals surface area (Å²) in [4.78, 5) is 39.8. The fourth-order valence-electron chi connectivity index (χ4n) is 4.14. The number of benzene rings is 4. The van der Waals surface area contributed by atoms with Gasteiger partial charge in [-0.1, -0.05) is 48.5 Å². The first-order valence-corrected chi connectivity index (χ1v) is 10.9. The zero-order valence-electron chi connectivity index (χ0n) is 18.7. The average molecular weight is 465 g/mol. The number of hydrogen-bond donors (Lipinski definition) is 2. The van der Waals surface area contributed by atoms with Gasteiger partial charge in [0.2, 0.25) is 5.91 Å². The van der Waals surface area contributed by atoms with E-state index in [1.54, 1.807) is 36.4 Å². The number of imide groups is 1. The topological polar surface area (TPSA) is 78.5 Å². The molecule has 2 N–H and O–H groups in total. The van der Waals surface area contributed by atoms with Crippen LogP contribution in [0.4, 0.5) is 21.5 Å². The van der Waals surface area contributed by atoms with Crippen molar-refractivity contribution in [3.63, 3.8) is 0 Å². The molecule has 172 valence electrons. The molecule has 0 atom stereocenters. The minimum atomic E-state index is -0.517. The van der Waals surface area contributed by atoms with E-state index in [0.717, 1.165) is 15.7 Å². The highest BCUT2D eigenvalue weighted by Crippen LogP contribution is 2.37. The molecule has 4 aromatic rings. The summed E-state index contributed by atoms with van der Waals surface area (Å²) in [6.45, 7) is 1.41. The third kappa shape index (κ3) is 4.15. The Bertz CT molecular complexity index is 1500. The summed E-state index contributed by atoms with van der Waals surface area (Å²) in [5.74, 6) is -1.67. The van der Waals surface area contributed by atoms with Crippen molar-refractivity contribution in [3.8, 4) is 0 Å². The summed E-state index contributed by atoms with van der Waals surface area (Å²) >= 11 is 0. The van der Waals surface area contributed by atoms with Crippen LogP contribution in [0.1, 0.15) is 12.5 Å². The molecule has 1 aliphatic rings. The van der Waals surface area contributed by atoms with Crippen molar-refractivity contribution in [2.24, 2.45) is 0 Å². The Balaban J connectivity index is 1.59. The number of carbonyl (C=O) groups is 3. The highest BCUT2D eigenvalue weighted by atomic mass is 19.1. The van der Waals surface area contributed by atoms with E-state index < -0.39 is 17.6 Å². The van der Waals surface area contributed by atoms with Crippen molar-refractivity contribution in [1.82, 2.24) is 0 Å². The second kappa shape index (κ2) is 8.87. The molecule has 0 fully saturated rings. The molecule has 1 heterocycles. The quantitative estimate of drug-likeness (QED) is 0.391. The van der Waals surface area contributed by atoms with E-state index >= 15 is 0 Å². The minimum absolute atomic E-state index is 0.0850. The maximum absolute atomic E-state index is 13.7. The van der Waals surface area contributed by atoms with E-state index in [1.165, 1.54) is 31.2 Å². The molecular formula is C28H20FN3O3. The van der Waals surface area contributed by atoms with Crippen LogP contribution in [0, 0.1) is 5.82 Å². The smallest absolute Gasteiger partial charge is 0.282 e. The van der Waals surface area contributed by atoms with E-state index in [4.69, 9.17) is 0 Å². The van der Waals surface area contributed by atoms with E-state index in [-0.39, 0.29) is 17.2 Å². The van der Waals surface area contributed by atoms with Crippen LogP contribution < -0.4 is 15.5 Å². The first-order valence-electron chi connectivity index (χ1n) is 10.9. The van der Waals surface area contributed by atoms with Crippen LogP contribution in [0.2, 0.25) is 0 Å². The number of hydrogen-bond acceptors (Lipinski definition) is 4. The largest absolute Gasteiger partial charge is 0.350 e. The van der Waals surface area contributed by atoms with Gasteiger partial charge in [-0.2, -0.15) is 0 Å². The molecular weight excluding hydrogens is 445 g/mol. The van der Waals surface area contributed by atoms with Crippen molar-refractivity contribution >= 4 is 51.1 Å². The van der Waals surface area contributed by atoms with Gasteiger partial charge in [0.05, 0.1) is 11.3 Å². The molecule has 3 amide bonds. The number of amides is 3. The van der Waals surface area contributed by atoms with Gasteiger partial charge < -0.3 is 10.6 Å². The van der Waals surface area contributed by atoms with Gasteiger partial charge in [0, 0.05) is 23.7 Å². The van der Waals surface area contributed by atoms with Gasteiger partial charge in [-0.15, -0.1) is 0 Å². The zero-order chi connectivity index (χ0) is 24.5. The van der Waals surface area contributed by atoms with E-state index in [9.17, 15) is 18.8 Å². The van der Waals surface area contributed by atoms with Crippen molar-refractivity contribution < 1.29 is 18.8 Å². The number of halogens is 1. The molecule has 0 saturated heterocycles. The molecule has 0 aliphatic carbocycles. The molecule has 0 saturated carbocycles. The van der Waals surface area contributed by atoms with Gasteiger partial charge >= 0.3 is 0 Å². The van der Waals surface area contributed by atoms with Crippen molar-refractivity contribution in [2.45, 2.75) is 6.92 Å². The van der Waals surface area contributed by atoms with Crippen LogP contribution in [-0.2, 0) is 14.4 Å². The van der Waals surface area contributed by atoms with Crippen LogP contribution in [-0.4, -0.2) is 17.7 Å².